The summed E-state index contributed by atoms with van der Waals surface area (Å²) < 4.78 is 93.7. The molecule has 4 saturated carbocycles. The molecule has 0 bridgehead atoms. The summed E-state index contributed by atoms with van der Waals surface area (Å²) in [6, 6.07) is 0. The lowest BCUT2D eigenvalue weighted by Crippen LogP contribution is -2.62. The standard InChI is InChI=1S/C27H49FNO16P3S/c1-17(4-7-23(30)29-12-13-49(40,41)43-16-42-46(31,32)33)20-5-6-21-24-22(9-11-26(20,21)3)25(2)10-8-19(44-47(34,35)36)14-18(25)15-27(24,28)45-48(37,38)39/h17-22,24H,4-16H2,1-3H3,(H,29,30)(H2,31,32,33)(H2,34,35,36)(H2,37,38,39). The van der Waals surface area contributed by atoms with Crippen molar-refractivity contribution >= 4 is 39.5 Å². The second-order valence-electron chi connectivity index (χ2n) is 14.7. The van der Waals surface area contributed by atoms with Gasteiger partial charge in [-0.3, -0.25) is 13.8 Å². The summed E-state index contributed by atoms with van der Waals surface area (Å²) >= 11 is 0. The number of alkyl halides is 1. The van der Waals surface area contributed by atoms with Crippen LogP contribution in [0.3, 0.4) is 0 Å². The average Bonchev–Trinajstić information content (AvgIpc) is 3.27. The quantitative estimate of drug-likeness (QED) is 0.0711. The van der Waals surface area contributed by atoms with Crippen LogP contribution in [0.4, 0.5) is 4.39 Å². The predicted octanol–water partition coefficient (Wildman–Crippen LogP) is 3.45. The highest BCUT2D eigenvalue weighted by atomic mass is 32.2. The number of hydrogen-bond acceptors (Lipinski definition) is 10. The summed E-state index contributed by atoms with van der Waals surface area (Å²) in [4.78, 5) is 68.2. The van der Waals surface area contributed by atoms with Crippen molar-refractivity contribution in [3.05, 3.63) is 0 Å². The summed E-state index contributed by atoms with van der Waals surface area (Å²) in [5.41, 5.74) is -0.904. The molecule has 0 spiro atoms. The van der Waals surface area contributed by atoms with Gasteiger partial charge in [0.05, 0.1) is 11.9 Å². The number of phosphoric acid groups is 3. The summed E-state index contributed by atoms with van der Waals surface area (Å²) in [6.45, 7) is 4.61. The Morgan fingerprint density at radius 2 is 1.57 bits per heavy atom. The Morgan fingerprint density at radius 3 is 2.18 bits per heavy atom. The highest BCUT2D eigenvalue weighted by Crippen LogP contribution is 2.72. The van der Waals surface area contributed by atoms with Crippen LogP contribution in [0.2, 0.25) is 0 Å². The van der Waals surface area contributed by atoms with E-state index in [9.17, 15) is 46.5 Å². The molecule has 4 aliphatic carbocycles. The molecule has 1 amide bonds. The van der Waals surface area contributed by atoms with Crippen LogP contribution in [-0.4, -0.2) is 74.7 Å². The van der Waals surface area contributed by atoms with Crippen LogP contribution in [0.5, 0.6) is 0 Å². The molecular weight excluding hydrogens is 738 g/mol. The van der Waals surface area contributed by atoms with E-state index < -0.39 is 86.7 Å². The van der Waals surface area contributed by atoms with Crippen LogP contribution in [0.1, 0.15) is 85.0 Å². The van der Waals surface area contributed by atoms with E-state index in [-0.39, 0.29) is 49.5 Å². The van der Waals surface area contributed by atoms with Crippen molar-refractivity contribution < 1.29 is 78.4 Å². The minimum atomic E-state index is -5.29. The Labute approximate surface area is 285 Å². The molecule has 17 nitrogen and oxygen atoms in total. The maximum atomic E-state index is 17.3. The van der Waals surface area contributed by atoms with Gasteiger partial charge >= 0.3 is 23.5 Å². The third-order valence-corrected chi connectivity index (χ3v) is 14.6. The maximum Gasteiger partial charge on any atom is 0.472 e. The van der Waals surface area contributed by atoms with Crippen molar-refractivity contribution in [1.82, 2.24) is 5.32 Å². The van der Waals surface area contributed by atoms with Crippen LogP contribution in [-0.2, 0) is 46.4 Å². The molecule has 0 aliphatic heterocycles. The molecule has 286 valence electrons. The normalized spacial score (nSPS) is 37.5. The first-order valence-electron chi connectivity index (χ1n) is 16.3. The van der Waals surface area contributed by atoms with Crippen molar-refractivity contribution in [2.45, 2.75) is 96.9 Å². The van der Waals surface area contributed by atoms with Crippen LogP contribution < -0.4 is 5.32 Å². The molecule has 7 N–H and O–H groups in total. The summed E-state index contributed by atoms with van der Waals surface area (Å²) in [5, 5.41) is 2.49. The summed E-state index contributed by atoms with van der Waals surface area (Å²) in [6.07, 6.45) is 2.86. The predicted molar refractivity (Wildman–Crippen MR) is 169 cm³/mol. The fourth-order valence-corrected chi connectivity index (χ4v) is 12.0. The largest absolute Gasteiger partial charge is 0.472 e. The van der Waals surface area contributed by atoms with E-state index >= 15 is 4.39 Å². The van der Waals surface area contributed by atoms with Gasteiger partial charge in [0.25, 0.3) is 10.1 Å². The molecular formula is C27H49FNO16P3S. The average molecular weight is 788 g/mol. The Kier molecular flexibility index (Phi) is 12.5. The molecule has 0 saturated heterocycles. The minimum Gasteiger partial charge on any atom is -0.355 e. The van der Waals surface area contributed by atoms with E-state index in [1.165, 1.54) is 0 Å². The van der Waals surface area contributed by atoms with Crippen molar-refractivity contribution in [2.75, 3.05) is 19.1 Å². The number of amides is 1. The third kappa shape index (κ3) is 10.2. The highest BCUT2D eigenvalue weighted by molar-refractivity contribution is 7.86. The van der Waals surface area contributed by atoms with E-state index in [2.05, 4.69) is 20.9 Å². The first kappa shape index (κ1) is 41.4. The lowest BCUT2D eigenvalue weighted by atomic mass is 9.43. The molecule has 4 fully saturated rings. The Bertz CT molecular complexity index is 1470. The number of halogens is 1. The molecule has 4 aliphatic rings. The van der Waals surface area contributed by atoms with Gasteiger partial charge in [0, 0.05) is 25.3 Å². The molecule has 0 aromatic rings. The van der Waals surface area contributed by atoms with E-state index in [1.54, 1.807) is 0 Å². The number of nitrogens with one attached hydrogen (secondary N) is 1. The van der Waals surface area contributed by atoms with Crippen molar-refractivity contribution in [3.8, 4) is 0 Å². The van der Waals surface area contributed by atoms with E-state index in [4.69, 9.17) is 18.8 Å². The molecule has 10 atom stereocenters. The lowest BCUT2D eigenvalue weighted by molar-refractivity contribution is -0.262. The second-order valence-corrected chi connectivity index (χ2v) is 20.1. The highest BCUT2D eigenvalue weighted by Gasteiger charge is 2.69. The van der Waals surface area contributed by atoms with Crippen molar-refractivity contribution in [3.63, 3.8) is 0 Å². The van der Waals surface area contributed by atoms with Gasteiger partial charge in [0.15, 0.2) is 6.79 Å². The first-order valence-corrected chi connectivity index (χ1v) is 22.5. The van der Waals surface area contributed by atoms with E-state index in [0.717, 1.165) is 0 Å². The second kappa shape index (κ2) is 14.8. The minimum absolute atomic E-state index is 0.0157. The Hall–Kier alpha value is -0.360. The zero-order valence-corrected chi connectivity index (χ0v) is 31.1. The molecule has 49 heavy (non-hydrogen) atoms. The van der Waals surface area contributed by atoms with E-state index in [0.29, 0.717) is 44.9 Å². The van der Waals surface area contributed by atoms with Crippen molar-refractivity contribution in [2.24, 2.45) is 46.3 Å². The lowest BCUT2D eigenvalue weighted by Gasteiger charge is -2.64. The van der Waals surface area contributed by atoms with Crippen LogP contribution in [0.25, 0.3) is 0 Å². The number of fused-ring (bicyclic) bond motifs is 5. The zero-order valence-electron chi connectivity index (χ0n) is 27.6. The monoisotopic (exact) mass is 787 g/mol. The smallest absolute Gasteiger partial charge is 0.355 e. The van der Waals surface area contributed by atoms with Crippen LogP contribution in [0, 0.1) is 46.3 Å². The van der Waals surface area contributed by atoms with Gasteiger partial charge in [-0.25, -0.2) is 26.8 Å². The van der Waals surface area contributed by atoms with Crippen molar-refractivity contribution in [1.29, 1.82) is 0 Å². The molecule has 4 rings (SSSR count). The van der Waals surface area contributed by atoms with E-state index in [1.807, 2.05) is 13.8 Å². The number of carbonyl (C=O) groups excluding carboxylic acids is 1. The summed E-state index contributed by atoms with van der Waals surface area (Å²) in [5.74, 6) is -5.65. The van der Waals surface area contributed by atoms with Gasteiger partial charge < -0.3 is 34.7 Å². The first-order chi connectivity index (χ1) is 22.3. The van der Waals surface area contributed by atoms with Gasteiger partial charge in [-0.05, 0) is 91.8 Å². The van der Waals surface area contributed by atoms with Gasteiger partial charge in [-0.1, -0.05) is 20.8 Å². The molecule has 22 heteroatoms. The number of hydrogen-bond donors (Lipinski definition) is 7. The molecule has 10 unspecified atom stereocenters. The van der Waals surface area contributed by atoms with Gasteiger partial charge in [0.2, 0.25) is 11.8 Å². The fraction of sp³-hybridized carbons (Fsp3) is 0.963. The fourth-order valence-electron chi connectivity index (χ4n) is 9.89. The summed E-state index contributed by atoms with van der Waals surface area (Å²) in [7, 11) is -19.2. The van der Waals surface area contributed by atoms with Crippen LogP contribution >= 0.6 is 23.5 Å². The maximum absolute atomic E-state index is 17.3. The number of phosphoric ester groups is 3. The topological polar surface area (TPSA) is 273 Å². The SMILES string of the molecule is CC(CCC(=O)NCCS(=O)(=O)OCOP(=O)(O)O)C1CCC2C3C(CCC12C)C1(C)CCC(OP(=O)(O)O)CC1CC3(F)OP(=O)(O)O. The van der Waals surface area contributed by atoms with Gasteiger partial charge in [0.1, 0.15) is 0 Å². The number of rotatable bonds is 15. The molecule has 0 aromatic heterocycles. The van der Waals surface area contributed by atoms with Crippen LogP contribution in [0.15, 0.2) is 0 Å². The Morgan fingerprint density at radius 1 is 0.939 bits per heavy atom. The molecule has 0 aromatic carbocycles. The van der Waals surface area contributed by atoms with Gasteiger partial charge in [-0.15, -0.1) is 0 Å². The zero-order chi connectivity index (χ0) is 36.8. The number of carbonyl (C=O) groups is 1. The third-order valence-electron chi connectivity index (χ3n) is 11.9. The molecule has 0 heterocycles. The molecule has 0 radical (unpaired) electrons. The van der Waals surface area contributed by atoms with Gasteiger partial charge in [-0.2, -0.15) is 8.42 Å². The Balaban J connectivity index is 1.41.